The minimum atomic E-state index is -0.0124. The van der Waals surface area contributed by atoms with Crippen molar-refractivity contribution in [1.82, 2.24) is 9.78 Å². The number of nitrogens with zero attached hydrogens (tertiary/aromatic N) is 1. The summed E-state index contributed by atoms with van der Waals surface area (Å²) in [6.07, 6.45) is 0. The molecule has 2 aromatic rings. The van der Waals surface area contributed by atoms with Crippen LogP contribution in [0.4, 0.5) is 0 Å². The van der Waals surface area contributed by atoms with Crippen molar-refractivity contribution in [3.63, 3.8) is 0 Å². The molecule has 1 aromatic heterocycles. The third-order valence-electron chi connectivity index (χ3n) is 2.76. The van der Waals surface area contributed by atoms with Gasteiger partial charge in [-0.1, -0.05) is 41.9 Å². The van der Waals surface area contributed by atoms with Gasteiger partial charge in [0.2, 0.25) is 0 Å². The fraction of sp³-hybridized carbons (Fsp3) is 0.308. The van der Waals surface area contributed by atoms with Crippen molar-refractivity contribution in [3.05, 3.63) is 54.8 Å². The standard InChI is InChI=1S/C13H14Br2N2O/c1-8(2)12-11(15)13(18)17(16-12)7-9-3-5-10(14)6-4-9/h3-6,8,16H,7H2,1-2H3. The lowest BCUT2D eigenvalue weighted by Gasteiger charge is -2.04. The van der Waals surface area contributed by atoms with Crippen LogP contribution in [0.15, 0.2) is 38.0 Å². The average Bonchev–Trinajstić information content (AvgIpc) is 2.60. The maximum absolute atomic E-state index is 12.0. The molecule has 0 saturated carbocycles. The SMILES string of the molecule is CC(C)c1[nH]n(Cc2ccc(Br)cc2)c(=O)c1Br. The first kappa shape index (κ1) is 13.6. The zero-order valence-corrected chi connectivity index (χ0v) is 13.4. The lowest BCUT2D eigenvalue weighted by molar-refractivity contribution is 0.640. The van der Waals surface area contributed by atoms with E-state index in [1.807, 2.05) is 24.3 Å². The molecule has 96 valence electrons. The number of hydrogen-bond acceptors (Lipinski definition) is 1. The molecule has 1 N–H and O–H groups in total. The molecule has 3 nitrogen and oxygen atoms in total. The van der Waals surface area contributed by atoms with Crippen LogP contribution in [0.25, 0.3) is 0 Å². The number of hydrogen-bond donors (Lipinski definition) is 1. The molecule has 0 unspecified atom stereocenters. The Morgan fingerprint density at radius 2 is 1.83 bits per heavy atom. The molecule has 0 fully saturated rings. The summed E-state index contributed by atoms with van der Waals surface area (Å²) in [5.41, 5.74) is 2.02. The third-order valence-corrected chi connectivity index (χ3v) is 4.05. The van der Waals surface area contributed by atoms with Crippen molar-refractivity contribution in [2.75, 3.05) is 0 Å². The van der Waals surface area contributed by atoms with Crippen LogP contribution in [0.5, 0.6) is 0 Å². The van der Waals surface area contributed by atoms with Gasteiger partial charge in [0, 0.05) is 4.47 Å². The first-order valence-corrected chi connectivity index (χ1v) is 7.30. The number of rotatable bonds is 3. The fourth-order valence-corrected chi connectivity index (χ4v) is 2.77. The number of nitrogens with one attached hydrogen (secondary N) is 1. The molecule has 0 bridgehead atoms. The van der Waals surface area contributed by atoms with Gasteiger partial charge in [-0.25, -0.2) is 4.68 Å². The van der Waals surface area contributed by atoms with Crippen LogP contribution < -0.4 is 5.56 Å². The monoisotopic (exact) mass is 372 g/mol. The van der Waals surface area contributed by atoms with E-state index in [4.69, 9.17) is 0 Å². The van der Waals surface area contributed by atoms with Crippen LogP contribution in [-0.4, -0.2) is 9.78 Å². The third kappa shape index (κ3) is 2.78. The van der Waals surface area contributed by atoms with E-state index in [1.165, 1.54) is 0 Å². The van der Waals surface area contributed by atoms with E-state index in [0.717, 1.165) is 15.7 Å². The summed E-state index contributed by atoms with van der Waals surface area (Å²) < 4.78 is 3.30. The Kier molecular flexibility index (Phi) is 4.12. The zero-order chi connectivity index (χ0) is 13.3. The summed E-state index contributed by atoms with van der Waals surface area (Å²) in [5.74, 6) is 0.290. The van der Waals surface area contributed by atoms with E-state index in [9.17, 15) is 4.79 Å². The van der Waals surface area contributed by atoms with Gasteiger partial charge >= 0.3 is 0 Å². The van der Waals surface area contributed by atoms with Crippen LogP contribution in [0, 0.1) is 0 Å². The molecule has 0 aliphatic heterocycles. The summed E-state index contributed by atoms with van der Waals surface area (Å²) in [6.45, 7) is 4.66. The van der Waals surface area contributed by atoms with Gasteiger partial charge in [0.05, 0.1) is 12.2 Å². The van der Waals surface area contributed by atoms with E-state index >= 15 is 0 Å². The van der Waals surface area contributed by atoms with Gasteiger partial charge in [-0.05, 0) is 39.5 Å². The van der Waals surface area contributed by atoms with Gasteiger partial charge in [-0.2, -0.15) is 0 Å². The molecule has 2 rings (SSSR count). The van der Waals surface area contributed by atoms with E-state index in [-0.39, 0.29) is 5.56 Å². The molecule has 0 spiro atoms. The van der Waals surface area contributed by atoms with E-state index < -0.39 is 0 Å². The Morgan fingerprint density at radius 1 is 1.22 bits per heavy atom. The Labute approximate surface area is 122 Å². The lowest BCUT2D eigenvalue weighted by atomic mass is 10.1. The van der Waals surface area contributed by atoms with E-state index in [2.05, 4.69) is 50.8 Å². The highest BCUT2D eigenvalue weighted by Gasteiger charge is 2.14. The highest BCUT2D eigenvalue weighted by Crippen LogP contribution is 2.19. The highest BCUT2D eigenvalue weighted by molar-refractivity contribution is 9.10. The van der Waals surface area contributed by atoms with Gasteiger partial charge in [0.25, 0.3) is 5.56 Å². The van der Waals surface area contributed by atoms with Gasteiger partial charge < -0.3 is 0 Å². The van der Waals surface area contributed by atoms with Crippen LogP contribution >= 0.6 is 31.9 Å². The number of aromatic nitrogens is 2. The van der Waals surface area contributed by atoms with Gasteiger partial charge in [-0.3, -0.25) is 9.89 Å². The lowest BCUT2D eigenvalue weighted by Crippen LogP contribution is -2.17. The number of aromatic amines is 1. The molecule has 0 atom stereocenters. The zero-order valence-electron chi connectivity index (χ0n) is 10.2. The molecule has 1 aromatic carbocycles. The highest BCUT2D eigenvalue weighted by atomic mass is 79.9. The second kappa shape index (κ2) is 5.45. The van der Waals surface area contributed by atoms with Crippen LogP contribution in [0.2, 0.25) is 0 Å². The normalized spacial score (nSPS) is 11.2. The van der Waals surface area contributed by atoms with Crippen LogP contribution in [-0.2, 0) is 6.54 Å². The Morgan fingerprint density at radius 3 is 2.33 bits per heavy atom. The predicted octanol–water partition coefficient (Wildman–Crippen LogP) is 3.87. The maximum atomic E-state index is 12.0. The van der Waals surface area contributed by atoms with Gasteiger partial charge in [0.1, 0.15) is 4.47 Å². The second-order valence-corrected chi connectivity index (χ2v) is 6.22. The van der Waals surface area contributed by atoms with Crippen molar-refractivity contribution in [2.45, 2.75) is 26.3 Å². The van der Waals surface area contributed by atoms with Crippen molar-refractivity contribution >= 4 is 31.9 Å². The van der Waals surface area contributed by atoms with E-state index in [0.29, 0.717) is 16.9 Å². The Balaban J connectivity index is 2.32. The summed E-state index contributed by atoms with van der Waals surface area (Å²) in [6, 6.07) is 7.95. The minimum absolute atomic E-state index is 0.0124. The first-order chi connectivity index (χ1) is 8.49. The van der Waals surface area contributed by atoms with Crippen molar-refractivity contribution in [1.29, 1.82) is 0 Å². The van der Waals surface area contributed by atoms with Crippen LogP contribution in [0.3, 0.4) is 0 Å². The molecule has 1 heterocycles. The Hall–Kier alpha value is -0.810. The molecule has 18 heavy (non-hydrogen) atoms. The average molecular weight is 374 g/mol. The molecular weight excluding hydrogens is 360 g/mol. The molecule has 0 saturated heterocycles. The van der Waals surface area contributed by atoms with Crippen LogP contribution in [0.1, 0.15) is 31.0 Å². The number of H-pyrrole nitrogens is 1. The summed E-state index contributed by atoms with van der Waals surface area (Å²) in [5, 5.41) is 3.16. The topological polar surface area (TPSA) is 37.8 Å². The maximum Gasteiger partial charge on any atom is 0.281 e. The first-order valence-electron chi connectivity index (χ1n) is 5.71. The van der Waals surface area contributed by atoms with Gasteiger partial charge in [-0.15, -0.1) is 0 Å². The molecule has 0 radical (unpaired) electrons. The fourth-order valence-electron chi connectivity index (χ4n) is 1.75. The number of benzene rings is 1. The summed E-state index contributed by atoms with van der Waals surface area (Å²) in [7, 11) is 0. The quantitative estimate of drug-likeness (QED) is 0.871. The molecule has 0 aliphatic rings. The van der Waals surface area contributed by atoms with Crippen molar-refractivity contribution in [2.24, 2.45) is 0 Å². The number of halogens is 2. The van der Waals surface area contributed by atoms with E-state index in [1.54, 1.807) is 4.68 Å². The Bertz CT molecular complexity index is 596. The largest absolute Gasteiger partial charge is 0.298 e. The minimum Gasteiger partial charge on any atom is -0.298 e. The molecule has 0 amide bonds. The molecule has 0 aliphatic carbocycles. The smallest absolute Gasteiger partial charge is 0.281 e. The van der Waals surface area contributed by atoms with Gasteiger partial charge in [0.15, 0.2) is 0 Å². The predicted molar refractivity (Wildman–Crippen MR) is 80.1 cm³/mol. The van der Waals surface area contributed by atoms with Crippen molar-refractivity contribution < 1.29 is 0 Å². The molecule has 5 heteroatoms. The summed E-state index contributed by atoms with van der Waals surface area (Å²) in [4.78, 5) is 12.0. The van der Waals surface area contributed by atoms with Crippen molar-refractivity contribution in [3.8, 4) is 0 Å². The molecular formula is C13H14Br2N2O. The summed E-state index contributed by atoms with van der Waals surface area (Å²) >= 11 is 6.75. The second-order valence-electron chi connectivity index (χ2n) is 4.51.